The number of methoxy groups -OCH3 is 1. The third kappa shape index (κ3) is 4.31. The van der Waals surface area contributed by atoms with Gasteiger partial charge in [0, 0.05) is 18.0 Å². The Kier molecular flexibility index (Phi) is 4.87. The predicted octanol–water partition coefficient (Wildman–Crippen LogP) is 1.35. The van der Waals surface area contributed by atoms with Crippen LogP contribution in [0.15, 0.2) is 48.7 Å². The summed E-state index contributed by atoms with van der Waals surface area (Å²) in [6.07, 6.45) is 1.62. The van der Waals surface area contributed by atoms with Gasteiger partial charge in [-0.3, -0.25) is 14.6 Å². The predicted molar refractivity (Wildman–Crippen MR) is 77.7 cm³/mol. The van der Waals surface area contributed by atoms with Gasteiger partial charge in [0.25, 0.3) is 0 Å². The third-order valence-electron chi connectivity index (χ3n) is 2.69. The van der Waals surface area contributed by atoms with E-state index in [0.717, 1.165) is 0 Å². The van der Waals surface area contributed by atoms with Crippen molar-refractivity contribution < 1.29 is 14.3 Å². The van der Waals surface area contributed by atoms with Gasteiger partial charge < -0.3 is 15.4 Å². The molecule has 0 saturated heterocycles. The molecule has 2 amide bonds. The van der Waals surface area contributed by atoms with Gasteiger partial charge >= 0.3 is 11.8 Å². The first-order valence-electron chi connectivity index (χ1n) is 6.32. The zero-order valence-corrected chi connectivity index (χ0v) is 11.5. The molecular formula is C15H15N3O3. The molecule has 0 spiro atoms. The topological polar surface area (TPSA) is 80.3 Å². The number of amides is 2. The number of benzene rings is 1. The average molecular weight is 285 g/mol. The minimum absolute atomic E-state index is 0.200. The molecule has 2 aromatic rings. The summed E-state index contributed by atoms with van der Waals surface area (Å²) in [7, 11) is 1.53. The third-order valence-corrected chi connectivity index (χ3v) is 2.69. The molecule has 1 heterocycles. The first kappa shape index (κ1) is 14.5. The number of nitrogens with zero attached hydrogens (tertiary/aromatic N) is 1. The molecule has 2 N–H and O–H groups in total. The molecule has 0 bridgehead atoms. The maximum absolute atomic E-state index is 11.7. The monoisotopic (exact) mass is 285 g/mol. The summed E-state index contributed by atoms with van der Waals surface area (Å²) in [6, 6.07) is 12.1. The van der Waals surface area contributed by atoms with Crippen LogP contribution in [0.25, 0.3) is 0 Å². The molecule has 0 radical (unpaired) electrons. The van der Waals surface area contributed by atoms with Crippen molar-refractivity contribution in [1.82, 2.24) is 10.3 Å². The van der Waals surface area contributed by atoms with Gasteiger partial charge in [0.1, 0.15) is 5.75 Å². The lowest BCUT2D eigenvalue weighted by molar-refractivity contribution is -0.136. The van der Waals surface area contributed by atoms with Gasteiger partial charge in [-0.1, -0.05) is 12.1 Å². The summed E-state index contributed by atoms with van der Waals surface area (Å²) in [5, 5.41) is 5.00. The van der Waals surface area contributed by atoms with Crippen LogP contribution in [-0.2, 0) is 16.1 Å². The second kappa shape index (κ2) is 7.04. The van der Waals surface area contributed by atoms with E-state index in [1.165, 1.54) is 7.11 Å². The van der Waals surface area contributed by atoms with Gasteiger partial charge in [0.2, 0.25) is 0 Å². The van der Waals surface area contributed by atoms with Gasteiger partial charge in [-0.2, -0.15) is 0 Å². The van der Waals surface area contributed by atoms with E-state index in [1.54, 1.807) is 42.6 Å². The Labute approximate surface area is 122 Å². The molecule has 1 aromatic heterocycles. The Hall–Kier alpha value is -2.89. The zero-order valence-electron chi connectivity index (χ0n) is 11.5. The molecule has 0 unspecified atom stereocenters. The Morgan fingerprint density at radius 1 is 1.14 bits per heavy atom. The maximum atomic E-state index is 11.7. The van der Waals surface area contributed by atoms with Crippen molar-refractivity contribution in [2.75, 3.05) is 12.4 Å². The molecule has 0 aliphatic carbocycles. The van der Waals surface area contributed by atoms with Crippen LogP contribution in [0.3, 0.4) is 0 Å². The number of aromatic nitrogens is 1. The second-order valence-electron chi connectivity index (χ2n) is 4.19. The first-order chi connectivity index (χ1) is 10.2. The Morgan fingerprint density at radius 3 is 2.71 bits per heavy atom. The fourth-order valence-electron chi connectivity index (χ4n) is 1.64. The standard InChI is InChI=1S/C15H15N3O3/c1-21-13-7-4-6-11(9-13)18-15(20)14(19)17-10-12-5-2-3-8-16-12/h2-9H,10H2,1H3,(H,17,19)(H,18,20). The molecule has 6 heteroatoms. The number of hydrogen-bond acceptors (Lipinski definition) is 4. The summed E-state index contributed by atoms with van der Waals surface area (Å²) < 4.78 is 5.04. The van der Waals surface area contributed by atoms with E-state index in [0.29, 0.717) is 17.1 Å². The van der Waals surface area contributed by atoms with Crippen molar-refractivity contribution in [3.63, 3.8) is 0 Å². The summed E-state index contributed by atoms with van der Waals surface area (Å²) >= 11 is 0. The summed E-state index contributed by atoms with van der Waals surface area (Å²) in [4.78, 5) is 27.5. The fraction of sp³-hybridized carbons (Fsp3) is 0.133. The van der Waals surface area contributed by atoms with Crippen LogP contribution in [0, 0.1) is 0 Å². The van der Waals surface area contributed by atoms with Crippen molar-refractivity contribution in [1.29, 1.82) is 0 Å². The maximum Gasteiger partial charge on any atom is 0.313 e. The smallest absolute Gasteiger partial charge is 0.313 e. The lowest BCUT2D eigenvalue weighted by Gasteiger charge is -2.07. The van der Waals surface area contributed by atoms with Gasteiger partial charge in [-0.15, -0.1) is 0 Å². The van der Waals surface area contributed by atoms with E-state index >= 15 is 0 Å². The second-order valence-corrected chi connectivity index (χ2v) is 4.19. The normalized spacial score (nSPS) is 9.76. The fourth-order valence-corrected chi connectivity index (χ4v) is 1.64. The van der Waals surface area contributed by atoms with E-state index in [4.69, 9.17) is 4.74 Å². The Morgan fingerprint density at radius 2 is 2.00 bits per heavy atom. The minimum Gasteiger partial charge on any atom is -0.497 e. The van der Waals surface area contributed by atoms with E-state index in [2.05, 4.69) is 15.6 Å². The molecule has 0 aliphatic heterocycles. The molecule has 0 atom stereocenters. The highest BCUT2D eigenvalue weighted by molar-refractivity contribution is 6.39. The SMILES string of the molecule is COc1cccc(NC(=O)C(=O)NCc2ccccn2)c1. The molecular weight excluding hydrogens is 270 g/mol. The Bertz CT molecular complexity index is 629. The molecule has 2 rings (SSSR count). The van der Waals surface area contributed by atoms with E-state index in [1.807, 2.05) is 6.07 Å². The van der Waals surface area contributed by atoms with Crippen molar-refractivity contribution in [2.45, 2.75) is 6.54 Å². The minimum atomic E-state index is -0.737. The number of pyridine rings is 1. The molecule has 0 fully saturated rings. The number of rotatable bonds is 4. The number of carbonyl (C=O) groups excluding carboxylic acids is 2. The lowest BCUT2D eigenvalue weighted by Crippen LogP contribution is -2.35. The molecule has 0 aliphatic rings. The molecule has 6 nitrogen and oxygen atoms in total. The highest BCUT2D eigenvalue weighted by Crippen LogP contribution is 2.16. The molecule has 21 heavy (non-hydrogen) atoms. The van der Waals surface area contributed by atoms with Crippen LogP contribution < -0.4 is 15.4 Å². The highest BCUT2D eigenvalue weighted by Gasteiger charge is 2.13. The summed E-state index contributed by atoms with van der Waals surface area (Å²) in [6.45, 7) is 0.200. The quantitative estimate of drug-likeness (QED) is 0.831. The van der Waals surface area contributed by atoms with Gasteiger partial charge in [0.15, 0.2) is 0 Å². The van der Waals surface area contributed by atoms with Crippen molar-refractivity contribution in [2.24, 2.45) is 0 Å². The molecule has 1 aromatic carbocycles. The highest BCUT2D eigenvalue weighted by atomic mass is 16.5. The van der Waals surface area contributed by atoms with Crippen LogP contribution in [0.5, 0.6) is 5.75 Å². The van der Waals surface area contributed by atoms with Crippen LogP contribution in [0.4, 0.5) is 5.69 Å². The number of hydrogen-bond donors (Lipinski definition) is 2. The average Bonchev–Trinajstić information content (AvgIpc) is 2.53. The van der Waals surface area contributed by atoms with Gasteiger partial charge in [-0.25, -0.2) is 0 Å². The van der Waals surface area contributed by atoms with Crippen molar-refractivity contribution in [3.05, 3.63) is 54.4 Å². The summed E-state index contributed by atoms with van der Waals surface area (Å²) in [5.41, 5.74) is 1.17. The van der Waals surface area contributed by atoms with Gasteiger partial charge in [0.05, 0.1) is 19.3 Å². The molecule has 108 valence electrons. The summed E-state index contributed by atoms with van der Waals surface area (Å²) in [5.74, 6) is -0.857. The van der Waals surface area contributed by atoms with E-state index < -0.39 is 11.8 Å². The lowest BCUT2D eigenvalue weighted by atomic mass is 10.3. The van der Waals surface area contributed by atoms with Crippen LogP contribution in [0.1, 0.15) is 5.69 Å². The van der Waals surface area contributed by atoms with Crippen LogP contribution in [0.2, 0.25) is 0 Å². The number of anilines is 1. The van der Waals surface area contributed by atoms with Crippen LogP contribution in [-0.4, -0.2) is 23.9 Å². The zero-order chi connectivity index (χ0) is 15.1. The van der Waals surface area contributed by atoms with Crippen LogP contribution >= 0.6 is 0 Å². The van der Waals surface area contributed by atoms with E-state index in [-0.39, 0.29) is 6.54 Å². The van der Waals surface area contributed by atoms with E-state index in [9.17, 15) is 9.59 Å². The number of ether oxygens (including phenoxy) is 1. The Balaban J connectivity index is 1.89. The number of carbonyl (C=O) groups is 2. The molecule has 0 saturated carbocycles. The van der Waals surface area contributed by atoms with Crippen molar-refractivity contribution in [3.8, 4) is 5.75 Å². The first-order valence-corrected chi connectivity index (χ1v) is 6.32. The van der Waals surface area contributed by atoms with Gasteiger partial charge in [-0.05, 0) is 24.3 Å². The van der Waals surface area contributed by atoms with Crippen molar-refractivity contribution >= 4 is 17.5 Å². The largest absolute Gasteiger partial charge is 0.497 e. The number of nitrogens with one attached hydrogen (secondary N) is 2.